The fourth-order valence-electron chi connectivity index (χ4n) is 0.802. The molecule has 0 aliphatic carbocycles. The Morgan fingerprint density at radius 1 is 1.69 bits per heavy atom. The predicted molar refractivity (Wildman–Crippen MR) is 43.3 cm³/mol. The number of carbonyl (C=O) groups is 1. The number of rotatable bonds is 2. The Hall–Kier alpha value is -1.76. The molecule has 0 saturated heterocycles. The Kier molecular flexibility index (Phi) is 2.70. The zero-order valence-electron chi connectivity index (χ0n) is 6.99. The second kappa shape index (κ2) is 3.76. The number of hydrogen-bond donors (Lipinski definition) is 0. The molecule has 0 spiro atoms. The molecule has 0 saturated carbocycles. The topological polar surface area (TPSA) is 53.8 Å². The first-order chi connectivity index (χ1) is 6.15. The molecule has 1 heterocycles. The van der Waals surface area contributed by atoms with Crippen LogP contribution in [-0.2, 0) is 0 Å². The number of halogens is 1. The maximum atomic E-state index is 12.4. The third-order valence-corrected chi connectivity index (χ3v) is 1.57. The summed E-state index contributed by atoms with van der Waals surface area (Å²) in [7, 11) is 0. The van der Waals surface area contributed by atoms with Gasteiger partial charge < -0.3 is 0 Å². The van der Waals surface area contributed by atoms with Gasteiger partial charge >= 0.3 is 0 Å². The van der Waals surface area contributed by atoms with E-state index in [9.17, 15) is 9.18 Å². The molecule has 4 heteroatoms. The molecular formula is C9H7FN2O. The van der Waals surface area contributed by atoms with Crippen molar-refractivity contribution in [2.24, 2.45) is 5.92 Å². The average molecular weight is 178 g/mol. The lowest BCUT2D eigenvalue weighted by Crippen LogP contribution is -2.10. The van der Waals surface area contributed by atoms with Crippen LogP contribution in [0.2, 0.25) is 0 Å². The summed E-state index contributed by atoms with van der Waals surface area (Å²) in [5.41, 5.74) is 0.121. The first-order valence-electron chi connectivity index (χ1n) is 3.70. The lowest BCUT2D eigenvalue weighted by atomic mass is 10.1. The van der Waals surface area contributed by atoms with Crippen LogP contribution in [0.15, 0.2) is 18.3 Å². The van der Waals surface area contributed by atoms with Crippen molar-refractivity contribution in [2.45, 2.75) is 6.92 Å². The molecule has 0 fully saturated rings. The van der Waals surface area contributed by atoms with Crippen molar-refractivity contribution in [3.8, 4) is 6.07 Å². The summed E-state index contributed by atoms with van der Waals surface area (Å²) in [5.74, 6) is -1.62. The molecule has 66 valence electrons. The second-order valence-corrected chi connectivity index (χ2v) is 2.58. The Bertz CT molecular complexity index is 353. The minimum Gasteiger partial charge on any atom is -0.291 e. The Balaban J connectivity index is 2.91. The van der Waals surface area contributed by atoms with Gasteiger partial charge in [0.15, 0.2) is 5.78 Å². The molecule has 0 aliphatic rings. The van der Waals surface area contributed by atoms with E-state index in [0.717, 1.165) is 12.3 Å². The van der Waals surface area contributed by atoms with E-state index in [0.29, 0.717) is 0 Å². The van der Waals surface area contributed by atoms with E-state index < -0.39 is 11.7 Å². The fraction of sp³-hybridized carbons (Fsp3) is 0.222. The van der Waals surface area contributed by atoms with Crippen molar-refractivity contribution in [1.82, 2.24) is 4.98 Å². The summed E-state index contributed by atoms with van der Waals surface area (Å²) >= 11 is 0. The van der Waals surface area contributed by atoms with E-state index in [-0.39, 0.29) is 11.5 Å². The van der Waals surface area contributed by atoms with Gasteiger partial charge in [0.1, 0.15) is 17.4 Å². The summed E-state index contributed by atoms with van der Waals surface area (Å²) < 4.78 is 12.4. The SMILES string of the molecule is CC(C#N)C(=O)c1ccc(F)cn1. The summed E-state index contributed by atoms with van der Waals surface area (Å²) in [5, 5.41) is 8.45. The van der Waals surface area contributed by atoms with Crippen LogP contribution in [0.3, 0.4) is 0 Å². The second-order valence-electron chi connectivity index (χ2n) is 2.58. The molecule has 0 amide bonds. The summed E-state index contributed by atoms with van der Waals surface area (Å²) in [6, 6.07) is 4.21. The molecule has 1 aromatic heterocycles. The van der Waals surface area contributed by atoms with Crippen LogP contribution in [0.1, 0.15) is 17.4 Å². The first-order valence-corrected chi connectivity index (χ1v) is 3.70. The number of Topliss-reactive ketones (excluding diaryl/α,β-unsaturated/α-hetero) is 1. The van der Waals surface area contributed by atoms with Crippen LogP contribution < -0.4 is 0 Å². The van der Waals surface area contributed by atoms with E-state index in [2.05, 4.69) is 4.98 Å². The van der Waals surface area contributed by atoms with Crippen LogP contribution in [0.25, 0.3) is 0 Å². The van der Waals surface area contributed by atoms with Gasteiger partial charge in [-0.15, -0.1) is 0 Å². The lowest BCUT2D eigenvalue weighted by molar-refractivity contribution is 0.0951. The van der Waals surface area contributed by atoms with Crippen molar-refractivity contribution in [1.29, 1.82) is 5.26 Å². The number of hydrogen-bond acceptors (Lipinski definition) is 3. The van der Waals surface area contributed by atoms with E-state index in [4.69, 9.17) is 5.26 Å². The maximum Gasteiger partial charge on any atom is 0.197 e. The minimum atomic E-state index is -0.738. The summed E-state index contributed by atoms with van der Waals surface area (Å²) in [6.45, 7) is 1.48. The van der Waals surface area contributed by atoms with E-state index in [1.54, 1.807) is 6.07 Å². The standard InChI is InChI=1S/C9H7FN2O/c1-6(4-11)9(13)8-3-2-7(10)5-12-8/h2-3,5-6H,1H3. The summed E-state index contributed by atoms with van der Waals surface area (Å²) in [4.78, 5) is 14.9. The van der Waals surface area contributed by atoms with Gasteiger partial charge in [0.25, 0.3) is 0 Å². The lowest BCUT2D eigenvalue weighted by Gasteiger charge is -1.99. The van der Waals surface area contributed by atoms with E-state index in [1.165, 1.54) is 13.0 Å². The van der Waals surface area contributed by atoms with Crippen molar-refractivity contribution >= 4 is 5.78 Å². The van der Waals surface area contributed by atoms with E-state index in [1.807, 2.05) is 0 Å². The van der Waals surface area contributed by atoms with E-state index >= 15 is 0 Å². The van der Waals surface area contributed by atoms with Gasteiger partial charge in [-0.2, -0.15) is 5.26 Å². The zero-order valence-corrected chi connectivity index (χ0v) is 6.99. The van der Waals surface area contributed by atoms with Gasteiger partial charge in [-0.25, -0.2) is 4.39 Å². The quantitative estimate of drug-likeness (QED) is 0.646. The average Bonchev–Trinajstić information content (AvgIpc) is 2.17. The molecule has 3 nitrogen and oxygen atoms in total. The molecule has 1 atom stereocenters. The third-order valence-electron chi connectivity index (χ3n) is 1.57. The highest BCUT2D eigenvalue weighted by Crippen LogP contribution is 2.05. The number of nitrogens with zero attached hydrogens (tertiary/aromatic N) is 2. The van der Waals surface area contributed by atoms with Gasteiger partial charge in [0.05, 0.1) is 12.3 Å². The van der Waals surface area contributed by atoms with Gasteiger partial charge in [0.2, 0.25) is 0 Å². The van der Waals surface area contributed by atoms with Crippen LogP contribution in [0.5, 0.6) is 0 Å². The van der Waals surface area contributed by atoms with Crippen LogP contribution >= 0.6 is 0 Å². The van der Waals surface area contributed by atoms with Gasteiger partial charge in [-0.3, -0.25) is 9.78 Å². The number of ketones is 1. The largest absolute Gasteiger partial charge is 0.291 e. The van der Waals surface area contributed by atoms with Gasteiger partial charge in [0, 0.05) is 0 Å². The molecule has 0 N–H and O–H groups in total. The van der Waals surface area contributed by atoms with Gasteiger partial charge in [-0.1, -0.05) is 0 Å². The Morgan fingerprint density at radius 3 is 2.85 bits per heavy atom. The molecule has 1 rings (SSSR count). The van der Waals surface area contributed by atoms with Crippen molar-refractivity contribution in [2.75, 3.05) is 0 Å². The maximum absolute atomic E-state index is 12.4. The Morgan fingerprint density at radius 2 is 2.38 bits per heavy atom. The smallest absolute Gasteiger partial charge is 0.197 e. The zero-order chi connectivity index (χ0) is 9.84. The highest BCUT2D eigenvalue weighted by molar-refractivity contribution is 5.97. The van der Waals surface area contributed by atoms with Crippen molar-refractivity contribution in [3.63, 3.8) is 0 Å². The number of nitriles is 1. The molecule has 0 aromatic carbocycles. The predicted octanol–water partition coefficient (Wildman–Crippen LogP) is 1.56. The molecule has 13 heavy (non-hydrogen) atoms. The number of pyridine rings is 1. The number of carbonyl (C=O) groups excluding carboxylic acids is 1. The number of aromatic nitrogens is 1. The third kappa shape index (κ3) is 2.09. The van der Waals surface area contributed by atoms with Crippen LogP contribution in [-0.4, -0.2) is 10.8 Å². The fourth-order valence-corrected chi connectivity index (χ4v) is 0.802. The highest BCUT2D eigenvalue weighted by atomic mass is 19.1. The normalized spacial score (nSPS) is 11.8. The Labute approximate surface area is 74.8 Å². The van der Waals surface area contributed by atoms with Gasteiger partial charge in [-0.05, 0) is 19.1 Å². The molecule has 0 bridgehead atoms. The van der Waals surface area contributed by atoms with Crippen molar-refractivity contribution < 1.29 is 9.18 Å². The van der Waals surface area contributed by atoms with Crippen molar-refractivity contribution in [3.05, 3.63) is 29.8 Å². The highest BCUT2D eigenvalue weighted by Gasteiger charge is 2.15. The molecule has 0 radical (unpaired) electrons. The van der Waals surface area contributed by atoms with Crippen LogP contribution in [0, 0.1) is 23.1 Å². The minimum absolute atomic E-state index is 0.121. The monoisotopic (exact) mass is 178 g/mol. The molecular weight excluding hydrogens is 171 g/mol. The molecule has 0 aliphatic heterocycles. The first kappa shape index (κ1) is 9.33. The molecule has 1 unspecified atom stereocenters. The molecule has 1 aromatic rings. The summed E-state index contributed by atoms with van der Waals surface area (Å²) in [6.07, 6.45) is 0.956. The van der Waals surface area contributed by atoms with Crippen LogP contribution in [0.4, 0.5) is 4.39 Å².